The van der Waals surface area contributed by atoms with Crippen molar-refractivity contribution in [2.45, 2.75) is 26.7 Å². The molecule has 0 aromatic carbocycles. The summed E-state index contributed by atoms with van der Waals surface area (Å²) in [6, 6.07) is 0. The first-order chi connectivity index (χ1) is 9.28. The molecule has 2 aliphatic rings. The number of nitrogens with one attached hydrogen (secondary N) is 1. The fraction of sp³-hybridized carbons (Fsp3) is 0.929. The molecule has 0 bridgehead atoms. The van der Waals surface area contributed by atoms with Crippen LogP contribution >= 0.6 is 11.8 Å². The van der Waals surface area contributed by atoms with Crippen LogP contribution in [0.1, 0.15) is 26.7 Å². The van der Waals surface area contributed by atoms with Gasteiger partial charge in [0.05, 0.1) is 13.2 Å². The number of morpholine rings is 1. The SMILES string of the molecule is CCC1(CC)CN=C(NCCN2CCOCC2)SC1. The number of thioether (sulfide) groups is 1. The zero-order chi connectivity index (χ0) is 13.6. The summed E-state index contributed by atoms with van der Waals surface area (Å²) >= 11 is 1.90. The van der Waals surface area contributed by atoms with E-state index in [1.54, 1.807) is 0 Å². The minimum absolute atomic E-state index is 0.444. The van der Waals surface area contributed by atoms with Gasteiger partial charge in [0.1, 0.15) is 0 Å². The Labute approximate surface area is 121 Å². The molecule has 110 valence electrons. The molecule has 0 aromatic heterocycles. The fourth-order valence-corrected chi connectivity index (χ4v) is 3.79. The van der Waals surface area contributed by atoms with Gasteiger partial charge in [-0.25, -0.2) is 0 Å². The predicted octanol–water partition coefficient (Wildman–Crippen LogP) is 1.82. The predicted molar refractivity (Wildman–Crippen MR) is 83.0 cm³/mol. The van der Waals surface area contributed by atoms with Crippen molar-refractivity contribution in [2.24, 2.45) is 10.4 Å². The van der Waals surface area contributed by atoms with Crippen molar-refractivity contribution in [2.75, 3.05) is 51.7 Å². The highest BCUT2D eigenvalue weighted by Crippen LogP contribution is 2.34. The van der Waals surface area contributed by atoms with Crippen LogP contribution in [0.5, 0.6) is 0 Å². The lowest BCUT2D eigenvalue weighted by Crippen LogP contribution is -2.42. The monoisotopic (exact) mass is 285 g/mol. The van der Waals surface area contributed by atoms with Gasteiger partial charge in [0.25, 0.3) is 0 Å². The average molecular weight is 285 g/mol. The average Bonchev–Trinajstić information content (AvgIpc) is 2.49. The second-order valence-corrected chi connectivity index (χ2v) is 6.46. The van der Waals surface area contributed by atoms with Gasteiger partial charge in [0.15, 0.2) is 5.17 Å². The van der Waals surface area contributed by atoms with Crippen LogP contribution in [0.15, 0.2) is 4.99 Å². The van der Waals surface area contributed by atoms with Crippen molar-refractivity contribution >= 4 is 16.9 Å². The van der Waals surface area contributed by atoms with Crippen molar-refractivity contribution in [1.29, 1.82) is 0 Å². The van der Waals surface area contributed by atoms with E-state index in [4.69, 9.17) is 9.73 Å². The van der Waals surface area contributed by atoms with Gasteiger partial charge >= 0.3 is 0 Å². The number of hydrogen-bond acceptors (Lipinski definition) is 5. The lowest BCUT2D eigenvalue weighted by molar-refractivity contribution is 0.0389. The lowest BCUT2D eigenvalue weighted by atomic mass is 9.84. The molecule has 0 aromatic rings. The highest BCUT2D eigenvalue weighted by Gasteiger charge is 2.29. The quantitative estimate of drug-likeness (QED) is 0.836. The maximum absolute atomic E-state index is 5.35. The van der Waals surface area contributed by atoms with Gasteiger partial charge in [-0.15, -0.1) is 0 Å². The van der Waals surface area contributed by atoms with Gasteiger partial charge in [0.2, 0.25) is 0 Å². The second-order valence-electron chi connectivity index (χ2n) is 5.50. The summed E-state index contributed by atoms with van der Waals surface area (Å²) in [7, 11) is 0. The van der Waals surface area contributed by atoms with Crippen LogP contribution in [0.25, 0.3) is 0 Å². The van der Waals surface area contributed by atoms with Crippen molar-refractivity contribution < 1.29 is 4.74 Å². The molecule has 0 radical (unpaired) electrons. The second kappa shape index (κ2) is 7.50. The summed E-state index contributed by atoms with van der Waals surface area (Å²) < 4.78 is 5.35. The maximum Gasteiger partial charge on any atom is 0.156 e. The van der Waals surface area contributed by atoms with Gasteiger partial charge < -0.3 is 10.1 Å². The van der Waals surface area contributed by atoms with E-state index in [1.165, 1.54) is 18.6 Å². The molecule has 0 amide bonds. The third-order valence-corrected chi connectivity index (χ3v) is 5.68. The number of aliphatic imine (C=N–C) groups is 1. The van der Waals surface area contributed by atoms with E-state index >= 15 is 0 Å². The summed E-state index contributed by atoms with van der Waals surface area (Å²) in [5.74, 6) is 1.21. The summed E-state index contributed by atoms with van der Waals surface area (Å²) in [4.78, 5) is 7.18. The summed E-state index contributed by atoms with van der Waals surface area (Å²) in [6.45, 7) is 11.6. The zero-order valence-electron chi connectivity index (χ0n) is 12.3. The van der Waals surface area contributed by atoms with E-state index in [0.29, 0.717) is 5.41 Å². The van der Waals surface area contributed by atoms with Crippen molar-refractivity contribution in [3.05, 3.63) is 0 Å². The van der Waals surface area contributed by atoms with Gasteiger partial charge in [-0.05, 0) is 18.3 Å². The number of hydrogen-bond donors (Lipinski definition) is 1. The Kier molecular flexibility index (Phi) is 5.98. The molecule has 1 fully saturated rings. The first kappa shape index (κ1) is 15.1. The van der Waals surface area contributed by atoms with Crippen LogP contribution < -0.4 is 5.32 Å². The van der Waals surface area contributed by atoms with E-state index < -0.39 is 0 Å². The Morgan fingerprint density at radius 2 is 2.05 bits per heavy atom. The highest BCUT2D eigenvalue weighted by molar-refractivity contribution is 8.13. The number of rotatable bonds is 5. The highest BCUT2D eigenvalue weighted by atomic mass is 32.2. The third kappa shape index (κ3) is 4.36. The van der Waals surface area contributed by atoms with Crippen molar-refractivity contribution in [1.82, 2.24) is 10.2 Å². The number of nitrogens with zero attached hydrogens (tertiary/aromatic N) is 2. The molecular weight excluding hydrogens is 258 g/mol. The van der Waals surface area contributed by atoms with Crippen LogP contribution in [0.3, 0.4) is 0 Å². The molecule has 19 heavy (non-hydrogen) atoms. The molecule has 2 aliphatic heterocycles. The Morgan fingerprint density at radius 1 is 1.32 bits per heavy atom. The largest absolute Gasteiger partial charge is 0.379 e. The van der Waals surface area contributed by atoms with E-state index in [9.17, 15) is 0 Å². The van der Waals surface area contributed by atoms with Gasteiger partial charge in [0, 0.05) is 38.5 Å². The Hall–Kier alpha value is -0.260. The molecule has 4 nitrogen and oxygen atoms in total. The maximum atomic E-state index is 5.35. The van der Waals surface area contributed by atoms with E-state index in [2.05, 4.69) is 24.1 Å². The van der Waals surface area contributed by atoms with Crippen LogP contribution in [0, 0.1) is 5.41 Å². The number of ether oxygens (including phenoxy) is 1. The topological polar surface area (TPSA) is 36.9 Å². The molecule has 0 atom stereocenters. The van der Waals surface area contributed by atoms with Crippen LogP contribution in [-0.2, 0) is 4.74 Å². The van der Waals surface area contributed by atoms with Gasteiger partial charge in [-0.1, -0.05) is 25.6 Å². The molecule has 0 aliphatic carbocycles. The van der Waals surface area contributed by atoms with Crippen molar-refractivity contribution in [3.63, 3.8) is 0 Å². The first-order valence-corrected chi connectivity index (χ1v) is 8.48. The van der Waals surface area contributed by atoms with E-state index in [0.717, 1.165) is 51.1 Å². The van der Waals surface area contributed by atoms with Crippen molar-refractivity contribution in [3.8, 4) is 0 Å². The molecule has 1 N–H and O–H groups in total. The minimum Gasteiger partial charge on any atom is -0.379 e. The molecule has 1 saturated heterocycles. The normalized spacial score (nSPS) is 24.0. The molecule has 0 saturated carbocycles. The first-order valence-electron chi connectivity index (χ1n) is 7.49. The molecular formula is C14H27N3OS. The Balaban J connectivity index is 1.68. The van der Waals surface area contributed by atoms with Gasteiger partial charge in [-0.3, -0.25) is 9.89 Å². The molecule has 0 unspecified atom stereocenters. The molecule has 2 heterocycles. The minimum atomic E-state index is 0.444. The van der Waals surface area contributed by atoms with Crippen LogP contribution in [0.2, 0.25) is 0 Å². The fourth-order valence-electron chi connectivity index (χ4n) is 2.48. The molecule has 2 rings (SSSR count). The summed E-state index contributed by atoms with van der Waals surface area (Å²) in [6.07, 6.45) is 2.47. The zero-order valence-corrected chi connectivity index (χ0v) is 13.1. The smallest absolute Gasteiger partial charge is 0.156 e. The van der Waals surface area contributed by atoms with E-state index in [-0.39, 0.29) is 0 Å². The summed E-state index contributed by atoms with van der Waals surface area (Å²) in [5, 5.41) is 4.63. The van der Waals surface area contributed by atoms with Crippen LogP contribution in [0.4, 0.5) is 0 Å². The third-order valence-electron chi connectivity index (χ3n) is 4.38. The standard InChI is InChI=1S/C14H27N3OS/c1-3-14(4-2)11-16-13(19-12-14)15-5-6-17-7-9-18-10-8-17/h3-12H2,1-2H3,(H,15,16). The number of amidine groups is 1. The van der Waals surface area contributed by atoms with E-state index in [1.807, 2.05) is 11.8 Å². The van der Waals surface area contributed by atoms with Crippen LogP contribution in [-0.4, -0.2) is 61.8 Å². The molecule has 0 spiro atoms. The summed E-state index contributed by atoms with van der Waals surface area (Å²) in [5.41, 5.74) is 0.444. The lowest BCUT2D eigenvalue weighted by Gasteiger charge is -2.33. The van der Waals surface area contributed by atoms with Gasteiger partial charge in [-0.2, -0.15) is 0 Å². The molecule has 5 heteroatoms. The Morgan fingerprint density at radius 3 is 2.63 bits per heavy atom. The Bertz CT molecular complexity index is 299.